The predicted molar refractivity (Wildman–Crippen MR) is 84.7 cm³/mol. The lowest BCUT2D eigenvalue weighted by Crippen LogP contribution is -2.20. The SMILES string of the molecule is COC(=O)c1sc2ccccc2c1NC(=O)CCC(C)N. The van der Waals surface area contributed by atoms with E-state index in [0.717, 1.165) is 10.1 Å². The normalized spacial score (nSPS) is 12.1. The average Bonchev–Trinajstić information content (AvgIpc) is 2.83. The number of hydrogen-bond acceptors (Lipinski definition) is 5. The van der Waals surface area contributed by atoms with Crippen LogP contribution < -0.4 is 11.1 Å². The maximum atomic E-state index is 12.0. The highest BCUT2D eigenvalue weighted by Crippen LogP contribution is 2.36. The molecule has 0 bridgehead atoms. The van der Waals surface area contributed by atoms with Crippen LogP contribution in [0.25, 0.3) is 10.1 Å². The van der Waals surface area contributed by atoms with E-state index in [1.165, 1.54) is 18.4 Å². The van der Waals surface area contributed by atoms with Gasteiger partial charge in [0.2, 0.25) is 5.91 Å². The minimum absolute atomic E-state index is 0.0324. The molecule has 2 aromatic rings. The molecule has 21 heavy (non-hydrogen) atoms. The first kappa shape index (κ1) is 15.5. The Hall–Kier alpha value is -1.92. The molecule has 0 saturated carbocycles. The Kier molecular flexibility index (Phi) is 4.93. The molecule has 5 nitrogen and oxygen atoms in total. The van der Waals surface area contributed by atoms with E-state index in [1.807, 2.05) is 31.2 Å². The Morgan fingerprint density at radius 1 is 1.38 bits per heavy atom. The van der Waals surface area contributed by atoms with Gasteiger partial charge >= 0.3 is 5.97 Å². The molecule has 0 aliphatic heterocycles. The van der Waals surface area contributed by atoms with Gasteiger partial charge in [0.05, 0.1) is 12.8 Å². The van der Waals surface area contributed by atoms with Gasteiger partial charge in [0, 0.05) is 22.5 Å². The molecule has 0 saturated heterocycles. The molecule has 2 rings (SSSR count). The molecule has 0 spiro atoms. The maximum Gasteiger partial charge on any atom is 0.350 e. The lowest BCUT2D eigenvalue weighted by Gasteiger charge is -2.08. The molecule has 1 aromatic heterocycles. The Balaban J connectivity index is 2.32. The molecule has 0 aliphatic carbocycles. The molecule has 1 aromatic carbocycles. The van der Waals surface area contributed by atoms with Gasteiger partial charge in [-0.2, -0.15) is 0 Å². The van der Waals surface area contributed by atoms with Crippen molar-refractivity contribution in [2.45, 2.75) is 25.8 Å². The second-order valence-corrected chi connectivity index (χ2v) is 5.91. The number of hydrogen-bond donors (Lipinski definition) is 2. The monoisotopic (exact) mass is 306 g/mol. The summed E-state index contributed by atoms with van der Waals surface area (Å²) >= 11 is 1.31. The molecule has 1 amide bonds. The van der Waals surface area contributed by atoms with Crippen LogP contribution in [0.15, 0.2) is 24.3 Å². The average molecular weight is 306 g/mol. The molecule has 1 unspecified atom stereocenters. The highest BCUT2D eigenvalue weighted by molar-refractivity contribution is 7.21. The van der Waals surface area contributed by atoms with Crippen LogP contribution in [0.4, 0.5) is 5.69 Å². The van der Waals surface area contributed by atoms with E-state index in [2.05, 4.69) is 5.32 Å². The van der Waals surface area contributed by atoms with Gasteiger partial charge in [-0.15, -0.1) is 11.3 Å². The Bertz CT molecular complexity index is 664. The van der Waals surface area contributed by atoms with Gasteiger partial charge in [0.15, 0.2) is 0 Å². The van der Waals surface area contributed by atoms with Crippen molar-refractivity contribution in [3.8, 4) is 0 Å². The van der Waals surface area contributed by atoms with Crippen molar-refractivity contribution in [1.29, 1.82) is 0 Å². The van der Waals surface area contributed by atoms with Gasteiger partial charge < -0.3 is 15.8 Å². The fraction of sp³-hybridized carbons (Fsp3) is 0.333. The first-order valence-corrected chi connectivity index (χ1v) is 7.50. The van der Waals surface area contributed by atoms with Crippen LogP contribution in [0.1, 0.15) is 29.4 Å². The minimum Gasteiger partial charge on any atom is -0.465 e. The fourth-order valence-electron chi connectivity index (χ4n) is 1.97. The standard InChI is InChI=1S/C15H18N2O3S/c1-9(16)7-8-12(18)17-13-10-5-3-4-6-11(10)21-14(13)15(19)20-2/h3-6,9H,7-8,16H2,1-2H3,(H,17,18). The van der Waals surface area contributed by atoms with Crippen molar-refractivity contribution in [2.75, 3.05) is 12.4 Å². The van der Waals surface area contributed by atoms with Gasteiger partial charge in [-0.3, -0.25) is 4.79 Å². The van der Waals surface area contributed by atoms with Crippen molar-refractivity contribution in [1.82, 2.24) is 0 Å². The number of nitrogens with two attached hydrogens (primary N) is 1. The summed E-state index contributed by atoms with van der Waals surface area (Å²) in [6.45, 7) is 1.85. The summed E-state index contributed by atoms with van der Waals surface area (Å²) in [5.74, 6) is -0.598. The topological polar surface area (TPSA) is 81.4 Å². The Morgan fingerprint density at radius 2 is 2.10 bits per heavy atom. The molecule has 0 fully saturated rings. The number of esters is 1. The van der Waals surface area contributed by atoms with Gasteiger partial charge in [-0.1, -0.05) is 18.2 Å². The molecule has 6 heteroatoms. The highest BCUT2D eigenvalue weighted by Gasteiger charge is 2.20. The van der Waals surface area contributed by atoms with Crippen LogP contribution in [0.3, 0.4) is 0 Å². The van der Waals surface area contributed by atoms with E-state index in [0.29, 0.717) is 23.4 Å². The van der Waals surface area contributed by atoms with Crippen LogP contribution in [0, 0.1) is 0 Å². The van der Waals surface area contributed by atoms with Crippen molar-refractivity contribution >= 4 is 39.0 Å². The molecule has 0 radical (unpaired) electrons. The maximum absolute atomic E-state index is 12.0. The number of rotatable bonds is 5. The van der Waals surface area contributed by atoms with Gasteiger partial charge in [-0.25, -0.2) is 4.79 Å². The number of ether oxygens (including phenoxy) is 1. The summed E-state index contributed by atoms with van der Waals surface area (Å²) < 4.78 is 5.72. The summed E-state index contributed by atoms with van der Waals surface area (Å²) in [4.78, 5) is 24.3. The summed E-state index contributed by atoms with van der Waals surface area (Å²) in [5, 5.41) is 3.66. The van der Waals surface area contributed by atoms with E-state index >= 15 is 0 Å². The third-order valence-electron chi connectivity index (χ3n) is 3.06. The molecule has 1 atom stereocenters. The third kappa shape index (κ3) is 3.59. The van der Waals surface area contributed by atoms with E-state index < -0.39 is 5.97 Å². The van der Waals surface area contributed by atoms with Crippen molar-refractivity contribution in [3.63, 3.8) is 0 Å². The molecule has 1 heterocycles. The zero-order chi connectivity index (χ0) is 15.4. The molecular formula is C15H18N2O3S. The number of benzene rings is 1. The quantitative estimate of drug-likeness (QED) is 0.832. The number of anilines is 1. The van der Waals surface area contributed by atoms with Gasteiger partial charge in [-0.05, 0) is 19.4 Å². The van der Waals surface area contributed by atoms with Crippen LogP contribution in [-0.2, 0) is 9.53 Å². The number of methoxy groups -OCH3 is 1. The minimum atomic E-state index is -0.446. The molecule has 3 N–H and O–H groups in total. The van der Waals surface area contributed by atoms with E-state index in [1.54, 1.807) is 0 Å². The summed E-state index contributed by atoms with van der Waals surface area (Å²) in [6.07, 6.45) is 0.921. The zero-order valence-electron chi connectivity index (χ0n) is 12.0. The van der Waals surface area contributed by atoms with E-state index in [9.17, 15) is 9.59 Å². The third-order valence-corrected chi connectivity index (χ3v) is 4.21. The number of nitrogens with one attached hydrogen (secondary N) is 1. The Morgan fingerprint density at radius 3 is 2.76 bits per heavy atom. The van der Waals surface area contributed by atoms with Gasteiger partial charge in [0.25, 0.3) is 0 Å². The van der Waals surface area contributed by atoms with Crippen molar-refractivity contribution in [2.24, 2.45) is 5.73 Å². The van der Waals surface area contributed by atoms with E-state index in [-0.39, 0.29) is 11.9 Å². The number of amides is 1. The van der Waals surface area contributed by atoms with Crippen LogP contribution in [0.2, 0.25) is 0 Å². The lowest BCUT2D eigenvalue weighted by atomic mass is 10.1. The zero-order valence-corrected chi connectivity index (χ0v) is 12.8. The van der Waals surface area contributed by atoms with E-state index in [4.69, 9.17) is 10.5 Å². The molecular weight excluding hydrogens is 288 g/mol. The first-order valence-electron chi connectivity index (χ1n) is 6.68. The summed E-state index contributed by atoms with van der Waals surface area (Å²) in [6, 6.07) is 7.51. The van der Waals surface area contributed by atoms with Gasteiger partial charge in [0.1, 0.15) is 4.88 Å². The largest absolute Gasteiger partial charge is 0.465 e. The number of carbonyl (C=O) groups excluding carboxylic acids is 2. The van der Waals surface area contributed by atoms with Crippen LogP contribution in [0.5, 0.6) is 0 Å². The highest BCUT2D eigenvalue weighted by atomic mass is 32.1. The smallest absolute Gasteiger partial charge is 0.350 e. The predicted octanol–water partition coefficient (Wildman–Crippen LogP) is 2.75. The Labute approximate surface area is 127 Å². The van der Waals surface area contributed by atoms with Crippen LogP contribution >= 0.6 is 11.3 Å². The lowest BCUT2D eigenvalue weighted by molar-refractivity contribution is -0.116. The fourth-order valence-corrected chi connectivity index (χ4v) is 3.04. The second-order valence-electron chi connectivity index (χ2n) is 4.86. The second kappa shape index (κ2) is 6.69. The summed E-state index contributed by atoms with van der Waals surface area (Å²) in [5.41, 5.74) is 6.18. The molecule has 112 valence electrons. The number of carbonyl (C=O) groups is 2. The van der Waals surface area contributed by atoms with Crippen LogP contribution in [-0.4, -0.2) is 25.0 Å². The molecule has 0 aliphatic rings. The van der Waals surface area contributed by atoms with Crippen molar-refractivity contribution in [3.05, 3.63) is 29.1 Å². The van der Waals surface area contributed by atoms with Crippen molar-refractivity contribution < 1.29 is 14.3 Å². The number of thiophene rings is 1. The summed E-state index contributed by atoms with van der Waals surface area (Å²) in [7, 11) is 1.33. The first-order chi connectivity index (χ1) is 10.0. The number of fused-ring (bicyclic) bond motifs is 1.